The molecule has 1 unspecified atom stereocenters. The van der Waals surface area contributed by atoms with Crippen molar-refractivity contribution in [2.45, 2.75) is 46.3 Å². The molecule has 14 heavy (non-hydrogen) atoms. The van der Waals surface area contributed by atoms with E-state index in [1.807, 2.05) is 26.8 Å². The molecule has 0 aromatic rings. The lowest BCUT2D eigenvalue weighted by Crippen LogP contribution is -2.15. The fourth-order valence-corrected chi connectivity index (χ4v) is 0.878. The molecule has 1 atom stereocenters. The fourth-order valence-electron chi connectivity index (χ4n) is 0.878. The summed E-state index contributed by atoms with van der Waals surface area (Å²) in [6, 6.07) is 0. The highest BCUT2D eigenvalue weighted by Gasteiger charge is 2.08. The van der Waals surface area contributed by atoms with E-state index in [9.17, 15) is 0 Å². The van der Waals surface area contributed by atoms with E-state index in [4.69, 9.17) is 9.47 Å². The van der Waals surface area contributed by atoms with Crippen LogP contribution in [0.1, 0.15) is 34.6 Å². The van der Waals surface area contributed by atoms with Crippen molar-refractivity contribution in [3.05, 3.63) is 18.1 Å². The van der Waals surface area contributed by atoms with Crippen LogP contribution in [-0.4, -0.2) is 18.8 Å². The summed E-state index contributed by atoms with van der Waals surface area (Å²) in [5.41, 5.74) is 2.83. The highest BCUT2D eigenvalue weighted by Crippen LogP contribution is 2.08. The van der Waals surface area contributed by atoms with Gasteiger partial charge in [0.2, 0.25) is 0 Å². The molecular weight excluding hydrogens is 176 g/mol. The second kappa shape index (κ2) is 5.90. The normalized spacial score (nSPS) is 13.4. The molecule has 0 aliphatic rings. The zero-order chi connectivity index (χ0) is 11.2. The Kier molecular flexibility index (Phi) is 5.59. The van der Waals surface area contributed by atoms with Gasteiger partial charge >= 0.3 is 0 Å². The molecule has 2 heteroatoms. The Hall–Kier alpha value is -0.720. The van der Waals surface area contributed by atoms with Crippen LogP contribution in [0.25, 0.3) is 0 Å². The van der Waals surface area contributed by atoms with E-state index in [0.717, 1.165) is 0 Å². The van der Waals surface area contributed by atoms with Crippen LogP contribution < -0.4 is 0 Å². The van der Waals surface area contributed by atoms with Gasteiger partial charge in [0.15, 0.2) is 0 Å². The van der Waals surface area contributed by atoms with E-state index in [1.165, 1.54) is 0 Å². The Labute approximate surface area is 87.6 Å². The van der Waals surface area contributed by atoms with Crippen molar-refractivity contribution in [2.24, 2.45) is 5.92 Å². The van der Waals surface area contributed by atoms with Gasteiger partial charge in [0, 0.05) is 7.11 Å². The number of rotatable bonds is 4. The molecule has 0 aromatic carbocycles. The molecule has 0 amide bonds. The summed E-state index contributed by atoms with van der Waals surface area (Å²) in [4.78, 5) is 0. The van der Waals surface area contributed by atoms with Crippen LogP contribution in [0.15, 0.2) is 18.1 Å². The zero-order valence-electron chi connectivity index (χ0n) is 10.1. The Morgan fingerprint density at radius 1 is 1.21 bits per heavy atom. The van der Waals surface area contributed by atoms with Crippen LogP contribution in [0.5, 0.6) is 0 Å². The highest BCUT2D eigenvalue weighted by atomic mass is 16.5. The van der Waals surface area contributed by atoms with Crippen molar-refractivity contribution in [1.82, 2.24) is 0 Å². The maximum absolute atomic E-state index is 5.38. The minimum atomic E-state index is -0.152. The quantitative estimate of drug-likeness (QED) is 0.510. The third kappa shape index (κ3) is 6.76. The Morgan fingerprint density at radius 3 is 2.14 bits per heavy atom. The first kappa shape index (κ1) is 13.3. The monoisotopic (exact) mass is 198 g/mol. The molecule has 2 nitrogen and oxygen atoms in total. The summed E-state index contributed by atoms with van der Waals surface area (Å²) in [6.07, 6.45) is 3.58. The lowest BCUT2D eigenvalue weighted by atomic mass is 10.1. The van der Waals surface area contributed by atoms with Crippen LogP contribution in [0, 0.1) is 5.92 Å². The third-order valence-electron chi connectivity index (χ3n) is 1.67. The molecule has 0 bridgehead atoms. The van der Waals surface area contributed by atoms with Crippen molar-refractivity contribution in [3.8, 4) is 0 Å². The Morgan fingerprint density at radius 2 is 1.79 bits per heavy atom. The molecule has 0 aliphatic carbocycles. The molecule has 0 radical (unpaired) electrons. The summed E-state index contributed by atoms with van der Waals surface area (Å²) in [5, 5.41) is 0. The van der Waals surface area contributed by atoms with E-state index in [-0.39, 0.29) is 11.7 Å². The van der Waals surface area contributed by atoms with Crippen LogP contribution in [0.2, 0.25) is 0 Å². The average Bonchev–Trinajstić information content (AvgIpc) is 2.01. The molecule has 0 fully saturated rings. The minimum Gasteiger partial charge on any atom is -0.488 e. The molecular formula is C12H22O2. The first-order chi connectivity index (χ1) is 6.37. The van der Waals surface area contributed by atoms with Crippen LogP contribution >= 0.6 is 0 Å². The van der Waals surface area contributed by atoms with Gasteiger partial charge in [-0.25, -0.2) is 0 Å². The SMILES string of the molecule is COC(C=C=COC(C)(C)C)C(C)C. The van der Waals surface area contributed by atoms with Gasteiger partial charge in [-0.15, -0.1) is 0 Å². The highest BCUT2D eigenvalue weighted by molar-refractivity contribution is 4.89. The van der Waals surface area contributed by atoms with E-state index in [1.54, 1.807) is 13.4 Å². The number of ether oxygens (including phenoxy) is 2. The summed E-state index contributed by atoms with van der Waals surface area (Å²) in [7, 11) is 1.70. The van der Waals surface area contributed by atoms with Gasteiger partial charge in [0.05, 0.1) is 6.10 Å². The molecule has 0 rings (SSSR count). The van der Waals surface area contributed by atoms with Gasteiger partial charge < -0.3 is 9.47 Å². The number of hydrogen-bond donors (Lipinski definition) is 0. The summed E-state index contributed by atoms with van der Waals surface area (Å²) < 4.78 is 10.6. The standard InChI is InChI=1S/C12H22O2/c1-10(2)11(13-6)8-7-9-14-12(3,4)5/h8-11H,1-6H3. The van der Waals surface area contributed by atoms with Crippen molar-refractivity contribution in [1.29, 1.82) is 0 Å². The Balaban J connectivity index is 4.14. The van der Waals surface area contributed by atoms with Gasteiger partial charge in [-0.2, -0.15) is 0 Å². The molecule has 0 saturated carbocycles. The maximum Gasteiger partial charge on any atom is 0.126 e. The first-order valence-corrected chi connectivity index (χ1v) is 4.98. The summed E-state index contributed by atoms with van der Waals surface area (Å²) >= 11 is 0. The molecule has 0 aromatic heterocycles. The van der Waals surface area contributed by atoms with E-state index in [0.29, 0.717) is 5.92 Å². The van der Waals surface area contributed by atoms with Crippen LogP contribution in [-0.2, 0) is 9.47 Å². The first-order valence-electron chi connectivity index (χ1n) is 4.98. The minimum absolute atomic E-state index is 0.106. The van der Waals surface area contributed by atoms with Gasteiger partial charge in [0.1, 0.15) is 11.9 Å². The predicted octanol–water partition coefficient (Wildman–Crippen LogP) is 3.14. The van der Waals surface area contributed by atoms with Crippen LogP contribution in [0.3, 0.4) is 0 Å². The topological polar surface area (TPSA) is 18.5 Å². The van der Waals surface area contributed by atoms with Crippen molar-refractivity contribution in [2.75, 3.05) is 7.11 Å². The van der Waals surface area contributed by atoms with E-state index >= 15 is 0 Å². The van der Waals surface area contributed by atoms with Crippen LogP contribution in [0.4, 0.5) is 0 Å². The summed E-state index contributed by atoms with van der Waals surface area (Å²) in [5.74, 6) is 0.454. The summed E-state index contributed by atoms with van der Waals surface area (Å²) in [6.45, 7) is 10.2. The van der Waals surface area contributed by atoms with E-state index < -0.39 is 0 Å². The Bertz CT molecular complexity index is 205. The second-order valence-electron chi connectivity index (χ2n) is 4.63. The molecule has 0 saturated heterocycles. The number of hydrogen-bond acceptors (Lipinski definition) is 2. The lowest BCUT2D eigenvalue weighted by Gasteiger charge is -2.16. The average molecular weight is 198 g/mol. The maximum atomic E-state index is 5.38. The largest absolute Gasteiger partial charge is 0.488 e. The van der Waals surface area contributed by atoms with Gasteiger partial charge in [-0.3, -0.25) is 0 Å². The van der Waals surface area contributed by atoms with Gasteiger partial charge in [-0.05, 0) is 32.8 Å². The van der Waals surface area contributed by atoms with Crippen molar-refractivity contribution in [3.63, 3.8) is 0 Å². The predicted molar refractivity (Wildman–Crippen MR) is 59.1 cm³/mol. The molecule has 82 valence electrons. The molecule has 0 aliphatic heterocycles. The van der Waals surface area contributed by atoms with Gasteiger partial charge in [0.25, 0.3) is 0 Å². The number of methoxy groups -OCH3 is 1. The molecule has 0 spiro atoms. The van der Waals surface area contributed by atoms with Crippen molar-refractivity contribution >= 4 is 0 Å². The molecule has 0 N–H and O–H groups in total. The van der Waals surface area contributed by atoms with Gasteiger partial charge in [-0.1, -0.05) is 19.6 Å². The molecule has 0 heterocycles. The second-order valence-corrected chi connectivity index (χ2v) is 4.63. The zero-order valence-corrected chi connectivity index (χ0v) is 10.1. The van der Waals surface area contributed by atoms with Crippen molar-refractivity contribution < 1.29 is 9.47 Å². The fraction of sp³-hybridized carbons (Fsp3) is 0.750. The third-order valence-corrected chi connectivity index (χ3v) is 1.67. The lowest BCUT2D eigenvalue weighted by molar-refractivity contribution is 0.0763. The van der Waals surface area contributed by atoms with E-state index in [2.05, 4.69) is 19.6 Å². The smallest absolute Gasteiger partial charge is 0.126 e.